The van der Waals surface area contributed by atoms with E-state index in [4.69, 9.17) is 14.2 Å². The van der Waals surface area contributed by atoms with Gasteiger partial charge in [-0.2, -0.15) is 18.2 Å². The number of hydrogen-bond acceptors (Lipinski definition) is 7. The Morgan fingerprint density at radius 3 is 2.49 bits per heavy atom. The number of rotatable bonds is 3. The predicted molar refractivity (Wildman–Crippen MR) is 126 cm³/mol. The summed E-state index contributed by atoms with van der Waals surface area (Å²) in [7, 11) is 1.58. The molecule has 8 nitrogen and oxygen atoms in total. The van der Waals surface area contributed by atoms with Crippen LogP contribution in [0.5, 0.6) is 17.2 Å². The summed E-state index contributed by atoms with van der Waals surface area (Å²) >= 11 is 0. The molecular weight excluding hydrogens is 489 g/mol. The number of hydrogen-bond donors (Lipinski definition) is 1. The monoisotopic (exact) mass is 512 g/mol. The highest BCUT2D eigenvalue weighted by molar-refractivity contribution is 6.00. The molecule has 2 atom stereocenters. The van der Waals surface area contributed by atoms with Crippen LogP contribution >= 0.6 is 0 Å². The Hall–Kier alpha value is -4.02. The fraction of sp³-hybridized carbons (Fsp3) is 0.346. The first-order valence-corrected chi connectivity index (χ1v) is 11.9. The maximum atomic E-state index is 13.6. The quantitative estimate of drug-likeness (QED) is 0.535. The first-order chi connectivity index (χ1) is 17.8. The minimum atomic E-state index is -4.74. The summed E-state index contributed by atoms with van der Waals surface area (Å²) < 4.78 is 58.6. The van der Waals surface area contributed by atoms with E-state index in [9.17, 15) is 18.0 Å². The van der Waals surface area contributed by atoms with Crippen molar-refractivity contribution in [3.8, 4) is 17.2 Å². The number of methoxy groups -OCH3 is 1. The third-order valence-electron chi connectivity index (χ3n) is 6.85. The number of benzene rings is 2. The summed E-state index contributed by atoms with van der Waals surface area (Å²) in [5.74, 6) is 0.0806. The van der Waals surface area contributed by atoms with E-state index in [1.165, 1.54) is 0 Å². The van der Waals surface area contributed by atoms with Crippen LogP contribution in [0.4, 0.5) is 19.1 Å². The maximum absolute atomic E-state index is 13.6. The summed E-state index contributed by atoms with van der Waals surface area (Å²) in [5.41, 5.74) is 2.43. The summed E-state index contributed by atoms with van der Waals surface area (Å²) in [5, 5.41) is 6.76. The van der Waals surface area contributed by atoms with E-state index in [2.05, 4.69) is 15.4 Å². The number of fused-ring (bicyclic) bond motifs is 2. The van der Waals surface area contributed by atoms with Crippen molar-refractivity contribution in [3.63, 3.8) is 0 Å². The molecule has 0 saturated carbocycles. The Bertz CT molecular complexity index is 1400. The zero-order valence-electron chi connectivity index (χ0n) is 19.8. The molecule has 0 amide bonds. The minimum Gasteiger partial charge on any atom is -0.497 e. The number of ketones is 1. The number of anilines is 1. The van der Waals surface area contributed by atoms with Gasteiger partial charge in [0.25, 0.3) is 5.82 Å². The van der Waals surface area contributed by atoms with Crippen LogP contribution in [-0.4, -0.2) is 40.9 Å². The molecule has 1 N–H and O–H groups in total. The van der Waals surface area contributed by atoms with Gasteiger partial charge in [-0.25, -0.2) is 4.68 Å². The second-order valence-corrected chi connectivity index (χ2v) is 9.18. The molecule has 2 aliphatic heterocycles. The number of Topliss-reactive ketones (excluding diaryl/α,β-unsaturated/α-hetero) is 1. The molecule has 192 valence electrons. The number of nitrogens with zero attached hydrogens (tertiary/aromatic N) is 3. The second-order valence-electron chi connectivity index (χ2n) is 9.18. The summed E-state index contributed by atoms with van der Waals surface area (Å²) in [6.07, 6.45) is -3.38. The molecular formula is C26H23F3N4O4. The van der Waals surface area contributed by atoms with Gasteiger partial charge in [0.2, 0.25) is 5.95 Å². The van der Waals surface area contributed by atoms with Gasteiger partial charge < -0.3 is 19.5 Å². The minimum absolute atomic E-state index is 0.0635. The van der Waals surface area contributed by atoms with Gasteiger partial charge in [0.1, 0.15) is 11.8 Å². The maximum Gasteiger partial charge on any atom is 0.453 e. The molecule has 3 heterocycles. The molecule has 0 radical (unpaired) electrons. The van der Waals surface area contributed by atoms with Crippen LogP contribution in [0.1, 0.15) is 48.2 Å². The Morgan fingerprint density at radius 2 is 1.76 bits per heavy atom. The van der Waals surface area contributed by atoms with Crippen LogP contribution in [0, 0.1) is 0 Å². The number of halogens is 3. The smallest absolute Gasteiger partial charge is 0.453 e. The lowest BCUT2D eigenvalue weighted by Crippen LogP contribution is -2.33. The standard InChI is InChI=1S/C26H23F3N4O4/c1-35-17-6-3-14(4-7-17)16-11-18-22(19(34)12-16)23(33-25(30-18)31-24(32-33)26(27,28)29)15-5-8-20-21(13-15)37-10-2-9-36-20/h3-8,13,16,23H,2,9-12H2,1H3,(H,30,31,32). The van der Waals surface area contributed by atoms with Gasteiger partial charge in [-0.1, -0.05) is 18.2 Å². The van der Waals surface area contributed by atoms with E-state index < -0.39 is 18.0 Å². The van der Waals surface area contributed by atoms with Crippen molar-refractivity contribution in [2.24, 2.45) is 0 Å². The fourth-order valence-electron chi connectivity index (χ4n) is 5.10. The molecule has 2 aromatic carbocycles. The van der Waals surface area contributed by atoms with Crippen LogP contribution in [0.2, 0.25) is 0 Å². The lowest BCUT2D eigenvalue weighted by Gasteiger charge is -2.35. The molecule has 0 spiro atoms. The van der Waals surface area contributed by atoms with Crippen LogP contribution in [0.3, 0.4) is 0 Å². The second kappa shape index (κ2) is 8.82. The van der Waals surface area contributed by atoms with Crippen molar-refractivity contribution < 1.29 is 32.2 Å². The van der Waals surface area contributed by atoms with Gasteiger partial charge >= 0.3 is 6.18 Å². The van der Waals surface area contributed by atoms with Gasteiger partial charge in [-0.15, -0.1) is 5.10 Å². The van der Waals surface area contributed by atoms with E-state index in [-0.39, 0.29) is 24.1 Å². The molecule has 3 aliphatic rings. The Labute approximate surface area is 210 Å². The molecule has 2 unspecified atom stereocenters. The van der Waals surface area contributed by atoms with Gasteiger partial charge in [0, 0.05) is 24.1 Å². The molecule has 11 heteroatoms. The molecule has 0 saturated heterocycles. The van der Waals surface area contributed by atoms with Crippen LogP contribution < -0.4 is 19.5 Å². The first-order valence-electron chi connectivity index (χ1n) is 11.9. The number of alkyl halides is 3. The van der Waals surface area contributed by atoms with E-state index in [0.717, 1.165) is 10.2 Å². The zero-order valence-corrected chi connectivity index (χ0v) is 19.8. The van der Waals surface area contributed by atoms with Gasteiger partial charge in [0.15, 0.2) is 17.3 Å². The highest BCUT2D eigenvalue weighted by atomic mass is 19.4. The average Bonchev–Trinajstić information content (AvgIpc) is 3.18. The van der Waals surface area contributed by atoms with E-state index in [0.29, 0.717) is 60.1 Å². The van der Waals surface area contributed by atoms with Crippen molar-refractivity contribution in [2.45, 2.75) is 37.4 Å². The molecule has 37 heavy (non-hydrogen) atoms. The van der Waals surface area contributed by atoms with E-state index in [1.807, 2.05) is 24.3 Å². The Balaban J connectivity index is 1.44. The molecule has 0 fully saturated rings. The number of carbonyl (C=O) groups excluding carboxylic acids is 1. The number of nitrogens with one attached hydrogen (secondary N) is 1. The molecule has 0 bridgehead atoms. The van der Waals surface area contributed by atoms with E-state index >= 15 is 0 Å². The van der Waals surface area contributed by atoms with Gasteiger partial charge in [0.05, 0.1) is 20.3 Å². The third-order valence-corrected chi connectivity index (χ3v) is 6.85. The van der Waals surface area contributed by atoms with Crippen molar-refractivity contribution in [1.82, 2.24) is 14.8 Å². The number of carbonyl (C=O) groups is 1. The lowest BCUT2D eigenvalue weighted by atomic mass is 9.78. The predicted octanol–water partition coefficient (Wildman–Crippen LogP) is 4.88. The normalized spacial score (nSPS) is 21.0. The summed E-state index contributed by atoms with van der Waals surface area (Å²) in [4.78, 5) is 17.3. The summed E-state index contributed by atoms with van der Waals surface area (Å²) in [6, 6.07) is 11.7. The SMILES string of the molecule is COc1ccc(C2CC(=O)C3=C(C2)Nc2nc(C(F)(F)F)nn2C3c2ccc3c(c2)OCCCO3)cc1. The highest BCUT2D eigenvalue weighted by Crippen LogP contribution is 2.46. The third kappa shape index (κ3) is 4.17. The van der Waals surface area contributed by atoms with E-state index in [1.54, 1.807) is 25.3 Å². The summed E-state index contributed by atoms with van der Waals surface area (Å²) in [6.45, 7) is 0.953. The van der Waals surface area contributed by atoms with Crippen molar-refractivity contribution in [3.05, 3.63) is 70.7 Å². The lowest BCUT2D eigenvalue weighted by molar-refractivity contribution is -0.145. The van der Waals surface area contributed by atoms with Crippen molar-refractivity contribution >= 4 is 11.7 Å². The molecule has 1 aromatic heterocycles. The number of ether oxygens (including phenoxy) is 3. The van der Waals surface area contributed by atoms with Crippen molar-refractivity contribution in [2.75, 3.05) is 25.6 Å². The van der Waals surface area contributed by atoms with Crippen LogP contribution in [0.15, 0.2) is 53.7 Å². The Morgan fingerprint density at radius 1 is 1.03 bits per heavy atom. The average molecular weight is 512 g/mol. The number of aromatic nitrogens is 3. The fourth-order valence-corrected chi connectivity index (χ4v) is 5.10. The van der Waals surface area contributed by atoms with Gasteiger partial charge in [-0.05, 0) is 47.7 Å². The molecule has 1 aliphatic carbocycles. The highest BCUT2D eigenvalue weighted by Gasteiger charge is 2.43. The topological polar surface area (TPSA) is 87.5 Å². The number of allylic oxidation sites excluding steroid dienone is 2. The van der Waals surface area contributed by atoms with Crippen LogP contribution in [0.25, 0.3) is 0 Å². The molecule has 6 rings (SSSR count). The largest absolute Gasteiger partial charge is 0.497 e. The zero-order chi connectivity index (χ0) is 25.7. The van der Waals surface area contributed by atoms with Gasteiger partial charge in [-0.3, -0.25) is 4.79 Å². The Kier molecular flexibility index (Phi) is 5.58. The molecule has 3 aromatic rings. The van der Waals surface area contributed by atoms with Crippen LogP contribution in [-0.2, 0) is 11.0 Å². The van der Waals surface area contributed by atoms with Crippen molar-refractivity contribution in [1.29, 1.82) is 0 Å². The first kappa shape index (κ1) is 23.4.